The molecule has 0 saturated carbocycles. The van der Waals surface area contributed by atoms with Crippen molar-refractivity contribution in [2.75, 3.05) is 11.4 Å². The van der Waals surface area contributed by atoms with Crippen LogP contribution < -0.4 is 10.6 Å². The van der Waals surface area contributed by atoms with Crippen LogP contribution in [0.2, 0.25) is 0 Å². The molecule has 0 aromatic carbocycles. The Morgan fingerprint density at radius 1 is 1.53 bits per heavy atom. The zero-order valence-corrected chi connectivity index (χ0v) is 9.11. The molecule has 1 rings (SSSR count). The highest BCUT2D eigenvalue weighted by Gasteiger charge is 2.08. The molecule has 0 aliphatic rings. The van der Waals surface area contributed by atoms with Gasteiger partial charge in [0, 0.05) is 12.7 Å². The summed E-state index contributed by atoms with van der Waals surface area (Å²) in [6.45, 7) is 2.94. The van der Waals surface area contributed by atoms with Crippen molar-refractivity contribution in [2.45, 2.75) is 26.2 Å². The zero-order chi connectivity index (χ0) is 11.1. The fraction of sp³-hybridized carbons (Fsp3) is 0.455. The predicted molar refractivity (Wildman–Crippen MR) is 63.0 cm³/mol. The van der Waals surface area contributed by atoms with Crippen molar-refractivity contribution in [3.63, 3.8) is 0 Å². The van der Waals surface area contributed by atoms with Gasteiger partial charge in [-0.25, -0.2) is 0 Å². The first kappa shape index (κ1) is 11.5. The summed E-state index contributed by atoms with van der Waals surface area (Å²) in [5.41, 5.74) is 6.42. The van der Waals surface area contributed by atoms with Gasteiger partial charge in [0.15, 0.2) is 5.96 Å². The van der Waals surface area contributed by atoms with Crippen molar-refractivity contribution >= 4 is 11.6 Å². The molecule has 4 heteroatoms. The molecule has 1 heterocycles. The molecule has 4 nitrogen and oxygen atoms in total. The monoisotopic (exact) mass is 206 g/mol. The van der Waals surface area contributed by atoms with E-state index in [1.165, 1.54) is 6.42 Å². The Morgan fingerprint density at radius 3 is 2.87 bits per heavy atom. The summed E-state index contributed by atoms with van der Waals surface area (Å²) < 4.78 is 0. The van der Waals surface area contributed by atoms with Crippen LogP contribution in [0, 0.1) is 5.41 Å². The molecule has 0 fully saturated rings. The van der Waals surface area contributed by atoms with E-state index in [0.717, 1.165) is 25.1 Å². The molecular formula is C11H18N4. The summed E-state index contributed by atoms with van der Waals surface area (Å²) in [6.07, 6.45) is 6.81. The topological polar surface area (TPSA) is 66.0 Å². The Morgan fingerprint density at radius 2 is 2.33 bits per heavy atom. The van der Waals surface area contributed by atoms with Crippen LogP contribution in [-0.4, -0.2) is 17.5 Å². The van der Waals surface area contributed by atoms with E-state index in [4.69, 9.17) is 11.1 Å². The Labute approximate surface area is 90.6 Å². The van der Waals surface area contributed by atoms with Gasteiger partial charge in [0.2, 0.25) is 0 Å². The molecule has 1 aromatic rings. The Bertz CT molecular complexity index is 297. The molecule has 0 bridgehead atoms. The number of nitrogens with two attached hydrogens (primary N) is 1. The SMILES string of the molecule is CCCCCN(C(=N)N)c1cccnc1. The van der Waals surface area contributed by atoms with Crippen LogP contribution in [0.3, 0.4) is 0 Å². The Hall–Kier alpha value is -1.58. The van der Waals surface area contributed by atoms with Gasteiger partial charge in [-0.2, -0.15) is 0 Å². The Kier molecular flexibility index (Phi) is 4.60. The minimum atomic E-state index is 0.0825. The summed E-state index contributed by atoms with van der Waals surface area (Å²) in [7, 11) is 0. The van der Waals surface area contributed by atoms with Crippen LogP contribution in [0.25, 0.3) is 0 Å². The van der Waals surface area contributed by atoms with Crippen LogP contribution >= 0.6 is 0 Å². The normalized spacial score (nSPS) is 9.93. The third-order valence-electron chi connectivity index (χ3n) is 2.23. The van der Waals surface area contributed by atoms with Crippen molar-refractivity contribution < 1.29 is 0 Å². The van der Waals surface area contributed by atoms with Gasteiger partial charge in [0.05, 0.1) is 11.9 Å². The van der Waals surface area contributed by atoms with Gasteiger partial charge in [0.1, 0.15) is 0 Å². The number of nitrogens with zero attached hydrogens (tertiary/aromatic N) is 2. The number of aromatic nitrogens is 1. The van der Waals surface area contributed by atoms with Crippen molar-refractivity contribution in [1.29, 1.82) is 5.41 Å². The molecule has 0 radical (unpaired) electrons. The number of guanidine groups is 1. The number of unbranched alkanes of at least 4 members (excludes halogenated alkanes) is 2. The molecule has 1 aromatic heterocycles. The van der Waals surface area contributed by atoms with Crippen LogP contribution in [-0.2, 0) is 0 Å². The summed E-state index contributed by atoms with van der Waals surface area (Å²) in [6, 6.07) is 3.77. The zero-order valence-electron chi connectivity index (χ0n) is 9.11. The third kappa shape index (κ3) is 3.58. The third-order valence-corrected chi connectivity index (χ3v) is 2.23. The number of hydrogen-bond acceptors (Lipinski definition) is 2. The molecule has 0 spiro atoms. The first-order valence-electron chi connectivity index (χ1n) is 5.27. The van der Waals surface area contributed by atoms with E-state index in [1.54, 1.807) is 17.3 Å². The van der Waals surface area contributed by atoms with E-state index in [1.807, 2.05) is 12.1 Å². The van der Waals surface area contributed by atoms with Crippen molar-refractivity contribution in [2.24, 2.45) is 5.73 Å². The average molecular weight is 206 g/mol. The molecular weight excluding hydrogens is 188 g/mol. The highest BCUT2D eigenvalue weighted by atomic mass is 15.2. The molecule has 15 heavy (non-hydrogen) atoms. The van der Waals surface area contributed by atoms with Gasteiger partial charge in [-0.3, -0.25) is 10.4 Å². The fourth-order valence-electron chi connectivity index (χ4n) is 1.42. The maximum Gasteiger partial charge on any atom is 0.192 e. The van der Waals surface area contributed by atoms with Gasteiger partial charge in [0.25, 0.3) is 0 Å². The smallest absolute Gasteiger partial charge is 0.192 e. The highest BCUT2D eigenvalue weighted by Crippen LogP contribution is 2.12. The van der Waals surface area contributed by atoms with Gasteiger partial charge in [-0.05, 0) is 18.6 Å². The maximum absolute atomic E-state index is 7.50. The number of rotatable bonds is 5. The second kappa shape index (κ2) is 6.01. The van der Waals surface area contributed by atoms with E-state index < -0.39 is 0 Å². The first-order valence-corrected chi connectivity index (χ1v) is 5.27. The summed E-state index contributed by atoms with van der Waals surface area (Å²) in [5, 5.41) is 7.50. The van der Waals surface area contributed by atoms with E-state index in [9.17, 15) is 0 Å². The van der Waals surface area contributed by atoms with Crippen LogP contribution in [0.4, 0.5) is 5.69 Å². The molecule has 0 saturated heterocycles. The lowest BCUT2D eigenvalue weighted by Gasteiger charge is -2.21. The van der Waals surface area contributed by atoms with Crippen LogP contribution in [0.5, 0.6) is 0 Å². The second-order valence-corrected chi connectivity index (χ2v) is 3.46. The molecule has 0 aliphatic carbocycles. The molecule has 0 aliphatic heterocycles. The highest BCUT2D eigenvalue weighted by molar-refractivity contribution is 5.92. The lowest BCUT2D eigenvalue weighted by Crippen LogP contribution is -2.37. The lowest BCUT2D eigenvalue weighted by atomic mass is 10.2. The fourth-order valence-corrected chi connectivity index (χ4v) is 1.42. The van der Waals surface area contributed by atoms with E-state index in [0.29, 0.717) is 0 Å². The number of nitrogens with one attached hydrogen (secondary N) is 1. The Balaban J connectivity index is 2.62. The van der Waals surface area contributed by atoms with E-state index >= 15 is 0 Å². The molecule has 3 N–H and O–H groups in total. The van der Waals surface area contributed by atoms with E-state index in [-0.39, 0.29) is 5.96 Å². The van der Waals surface area contributed by atoms with Gasteiger partial charge < -0.3 is 10.6 Å². The van der Waals surface area contributed by atoms with Crippen molar-refractivity contribution in [3.8, 4) is 0 Å². The minimum absolute atomic E-state index is 0.0825. The standard InChI is InChI=1S/C11H18N4/c1-2-3-4-8-15(11(12)13)10-6-5-7-14-9-10/h5-7,9H,2-4,8H2,1H3,(H3,12,13). The number of anilines is 1. The predicted octanol–water partition coefficient (Wildman–Crippen LogP) is 1.97. The minimum Gasteiger partial charge on any atom is -0.370 e. The summed E-state index contributed by atoms with van der Waals surface area (Å²) in [4.78, 5) is 5.80. The van der Waals surface area contributed by atoms with Gasteiger partial charge in [-0.1, -0.05) is 19.8 Å². The van der Waals surface area contributed by atoms with Gasteiger partial charge >= 0.3 is 0 Å². The quantitative estimate of drug-likeness (QED) is 0.440. The van der Waals surface area contributed by atoms with Gasteiger partial charge in [-0.15, -0.1) is 0 Å². The van der Waals surface area contributed by atoms with Crippen LogP contribution in [0.1, 0.15) is 26.2 Å². The van der Waals surface area contributed by atoms with Crippen molar-refractivity contribution in [3.05, 3.63) is 24.5 Å². The second-order valence-electron chi connectivity index (χ2n) is 3.46. The molecule has 0 atom stereocenters. The maximum atomic E-state index is 7.50. The van der Waals surface area contributed by atoms with Crippen LogP contribution in [0.15, 0.2) is 24.5 Å². The lowest BCUT2D eigenvalue weighted by molar-refractivity contribution is 0.719. The number of pyridine rings is 1. The molecule has 0 unspecified atom stereocenters. The number of hydrogen-bond donors (Lipinski definition) is 2. The largest absolute Gasteiger partial charge is 0.370 e. The summed E-state index contributed by atoms with van der Waals surface area (Å²) in [5.74, 6) is 0.0825. The molecule has 82 valence electrons. The first-order chi connectivity index (χ1) is 7.25. The average Bonchev–Trinajstić information content (AvgIpc) is 2.25. The summed E-state index contributed by atoms with van der Waals surface area (Å²) >= 11 is 0. The van der Waals surface area contributed by atoms with Crippen molar-refractivity contribution in [1.82, 2.24) is 4.98 Å². The molecule has 0 amide bonds. The van der Waals surface area contributed by atoms with E-state index in [2.05, 4.69) is 11.9 Å².